The van der Waals surface area contributed by atoms with Crippen LogP contribution in [0.4, 0.5) is 11.5 Å². The third-order valence-electron chi connectivity index (χ3n) is 4.49. The number of anilines is 2. The van der Waals surface area contributed by atoms with E-state index in [4.69, 9.17) is 21.2 Å². The average molecular weight is 394 g/mol. The smallest absolute Gasteiger partial charge is 0.181 e. The molecule has 0 radical (unpaired) electrons. The predicted molar refractivity (Wildman–Crippen MR) is 113 cm³/mol. The van der Waals surface area contributed by atoms with Crippen LogP contribution in [0.5, 0.6) is 0 Å². The van der Waals surface area contributed by atoms with Gasteiger partial charge in [0.2, 0.25) is 0 Å². The number of nitrogens with one attached hydrogen (secondary N) is 2. The molecular formula is C22H20ClN3O2. The Labute approximate surface area is 167 Å². The number of rotatable bonds is 7. The highest BCUT2D eigenvalue weighted by Gasteiger charge is 2.13. The first-order chi connectivity index (χ1) is 13.8. The van der Waals surface area contributed by atoms with Gasteiger partial charge in [-0.05, 0) is 29.3 Å². The fraction of sp³-hybridized carbons (Fsp3) is 0.136. The number of halogens is 1. The van der Waals surface area contributed by atoms with Gasteiger partial charge in [0, 0.05) is 18.7 Å². The molecule has 0 atom stereocenters. The highest BCUT2D eigenvalue weighted by molar-refractivity contribution is 6.36. The van der Waals surface area contributed by atoms with Crippen molar-refractivity contribution in [3.63, 3.8) is 0 Å². The fourth-order valence-electron chi connectivity index (χ4n) is 3.09. The lowest BCUT2D eigenvalue weighted by molar-refractivity contribution is 0.292. The maximum Gasteiger partial charge on any atom is 0.181 e. The highest BCUT2D eigenvalue weighted by Crippen LogP contribution is 2.36. The van der Waals surface area contributed by atoms with Gasteiger partial charge in [-0.3, -0.25) is 0 Å². The van der Waals surface area contributed by atoms with E-state index in [0.29, 0.717) is 29.5 Å². The minimum Gasteiger partial charge on any atom is -0.395 e. The quantitative estimate of drug-likeness (QED) is 0.386. The van der Waals surface area contributed by atoms with Gasteiger partial charge in [0.05, 0.1) is 22.7 Å². The molecule has 0 bridgehead atoms. The normalized spacial score (nSPS) is 11.1. The van der Waals surface area contributed by atoms with E-state index < -0.39 is 0 Å². The molecular weight excluding hydrogens is 374 g/mol. The molecule has 0 amide bonds. The second-order valence-corrected chi connectivity index (χ2v) is 6.80. The van der Waals surface area contributed by atoms with Gasteiger partial charge < -0.3 is 20.3 Å². The van der Waals surface area contributed by atoms with Crippen LogP contribution in [0.2, 0.25) is 5.02 Å². The van der Waals surface area contributed by atoms with Crippen LogP contribution in [0.1, 0.15) is 5.56 Å². The summed E-state index contributed by atoms with van der Waals surface area (Å²) in [5.74, 6) is 0.617. The first-order valence-corrected chi connectivity index (χ1v) is 9.45. The summed E-state index contributed by atoms with van der Waals surface area (Å²) in [5, 5.41) is 21.1. The van der Waals surface area contributed by atoms with Gasteiger partial charge >= 0.3 is 0 Å². The van der Waals surface area contributed by atoms with Crippen LogP contribution in [0.3, 0.4) is 0 Å². The van der Waals surface area contributed by atoms with E-state index in [-0.39, 0.29) is 6.61 Å². The van der Waals surface area contributed by atoms with E-state index in [2.05, 4.69) is 15.8 Å². The molecule has 4 rings (SSSR count). The van der Waals surface area contributed by atoms with Crippen LogP contribution >= 0.6 is 11.6 Å². The number of hydrogen-bond donors (Lipinski definition) is 3. The lowest BCUT2D eigenvalue weighted by Crippen LogP contribution is -2.17. The molecule has 0 unspecified atom stereocenters. The van der Waals surface area contributed by atoms with Gasteiger partial charge in [-0.15, -0.1) is 0 Å². The molecule has 0 saturated heterocycles. The van der Waals surface area contributed by atoms with Gasteiger partial charge in [0.25, 0.3) is 0 Å². The standard InChI is InChI=1S/C22H20ClN3O2/c23-21-17(16-5-2-1-3-6-16)7-4-8-19(21)25-22-18-13-15(14-24-11-12-27)9-10-20(18)28-26-22/h1-10,13,24,27H,11-12,14H2,(H,25,26). The Morgan fingerprint density at radius 3 is 2.68 bits per heavy atom. The van der Waals surface area contributed by atoms with Gasteiger partial charge in [0.15, 0.2) is 11.4 Å². The summed E-state index contributed by atoms with van der Waals surface area (Å²) < 4.78 is 5.44. The summed E-state index contributed by atoms with van der Waals surface area (Å²) >= 11 is 6.67. The molecule has 0 aliphatic rings. The molecule has 0 saturated carbocycles. The Balaban J connectivity index is 1.64. The number of nitrogens with zero attached hydrogens (tertiary/aromatic N) is 1. The maximum atomic E-state index is 8.91. The molecule has 1 heterocycles. The Hall–Kier alpha value is -2.86. The van der Waals surface area contributed by atoms with Crippen molar-refractivity contribution in [3.05, 3.63) is 77.3 Å². The fourth-order valence-corrected chi connectivity index (χ4v) is 3.38. The van der Waals surface area contributed by atoms with Crippen LogP contribution in [0, 0.1) is 0 Å². The predicted octanol–water partition coefficient (Wildman–Crippen LogP) is 4.97. The highest BCUT2D eigenvalue weighted by atomic mass is 35.5. The zero-order valence-corrected chi connectivity index (χ0v) is 15.9. The van der Waals surface area contributed by atoms with Crippen molar-refractivity contribution < 1.29 is 9.63 Å². The molecule has 1 aromatic heterocycles. The average Bonchev–Trinajstić information content (AvgIpc) is 3.12. The molecule has 6 heteroatoms. The lowest BCUT2D eigenvalue weighted by Gasteiger charge is -2.11. The van der Waals surface area contributed by atoms with Crippen molar-refractivity contribution in [3.8, 4) is 11.1 Å². The molecule has 0 fully saturated rings. The number of hydrogen-bond acceptors (Lipinski definition) is 5. The number of aliphatic hydroxyl groups excluding tert-OH is 1. The zero-order chi connectivity index (χ0) is 19.3. The van der Waals surface area contributed by atoms with Gasteiger partial charge in [0.1, 0.15) is 0 Å². The van der Waals surface area contributed by atoms with Crippen molar-refractivity contribution >= 4 is 34.1 Å². The van der Waals surface area contributed by atoms with E-state index in [1.54, 1.807) is 0 Å². The number of aliphatic hydroxyl groups is 1. The van der Waals surface area contributed by atoms with E-state index in [9.17, 15) is 0 Å². The molecule has 3 N–H and O–H groups in total. The summed E-state index contributed by atoms with van der Waals surface area (Å²) in [4.78, 5) is 0. The van der Waals surface area contributed by atoms with Crippen molar-refractivity contribution in [2.24, 2.45) is 0 Å². The van der Waals surface area contributed by atoms with Crippen LogP contribution < -0.4 is 10.6 Å². The lowest BCUT2D eigenvalue weighted by atomic mass is 10.0. The van der Waals surface area contributed by atoms with E-state index in [0.717, 1.165) is 27.8 Å². The van der Waals surface area contributed by atoms with Crippen LogP contribution in [-0.2, 0) is 6.54 Å². The van der Waals surface area contributed by atoms with Crippen molar-refractivity contribution in [2.75, 3.05) is 18.5 Å². The minimum atomic E-state index is 0.110. The monoisotopic (exact) mass is 393 g/mol. The number of fused-ring (bicyclic) bond motifs is 1. The molecule has 4 aromatic rings. The minimum absolute atomic E-state index is 0.110. The number of benzene rings is 3. The second kappa shape index (κ2) is 8.44. The molecule has 5 nitrogen and oxygen atoms in total. The Morgan fingerprint density at radius 2 is 1.86 bits per heavy atom. The van der Waals surface area contributed by atoms with Gasteiger partial charge in [-0.1, -0.05) is 65.3 Å². The largest absolute Gasteiger partial charge is 0.395 e. The molecule has 3 aromatic carbocycles. The summed E-state index contributed by atoms with van der Waals surface area (Å²) in [6.45, 7) is 1.32. The van der Waals surface area contributed by atoms with Crippen LogP contribution in [0.15, 0.2) is 71.3 Å². The summed E-state index contributed by atoms with van der Waals surface area (Å²) in [6.07, 6.45) is 0. The SMILES string of the molecule is OCCNCc1ccc2onc(Nc3cccc(-c4ccccc4)c3Cl)c2c1. The van der Waals surface area contributed by atoms with Crippen molar-refractivity contribution in [2.45, 2.75) is 6.54 Å². The maximum absolute atomic E-state index is 8.91. The van der Waals surface area contributed by atoms with Crippen molar-refractivity contribution in [1.82, 2.24) is 10.5 Å². The molecule has 142 valence electrons. The second-order valence-electron chi connectivity index (χ2n) is 6.42. The molecule has 0 spiro atoms. The number of aromatic nitrogens is 1. The topological polar surface area (TPSA) is 70.3 Å². The van der Waals surface area contributed by atoms with Gasteiger partial charge in [-0.25, -0.2) is 0 Å². The molecule has 0 aliphatic heterocycles. The summed E-state index contributed by atoms with van der Waals surface area (Å²) in [6, 6.07) is 21.8. The first kappa shape index (κ1) is 18.5. The van der Waals surface area contributed by atoms with E-state index in [1.807, 2.05) is 66.7 Å². The molecule has 28 heavy (non-hydrogen) atoms. The first-order valence-electron chi connectivity index (χ1n) is 9.07. The zero-order valence-electron chi connectivity index (χ0n) is 15.2. The van der Waals surface area contributed by atoms with Crippen LogP contribution in [-0.4, -0.2) is 23.4 Å². The third kappa shape index (κ3) is 3.87. The molecule has 0 aliphatic carbocycles. The van der Waals surface area contributed by atoms with E-state index in [1.165, 1.54) is 0 Å². The third-order valence-corrected chi connectivity index (χ3v) is 4.90. The van der Waals surface area contributed by atoms with Gasteiger partial charge in [-0.2, -0.15) is 0 Å². The van der Waals surface area contributed by atoms with Crippen molar-refractivity contribution in [1.29, 1.82) is 0 Å². The Kier molecular flexibility index (Phi) is 5.58. The summed E-state index contributed by atoms with van der Waals surface area (Å²) in [5.41, 5.74) is 4.55. The Bertz CT molecular complexity index is 1080. The summed E-state index contributed by atoms with van der Waals surface area (Å²) in [7, 11) is 0. The Morgan fingerprint density at radius 1 is 1.00 bits per heavy atom. The van der Waals surface area contributed by atoms with E-state index >= 15 is 0 Å². The van der Waals surface area contributed by atoms with Crippen LogP contribution in [0.25, 0.3) is 22.1 Å².